The van der Waals surface area contributed by atoms with Gasteiger partial charge >= 0.3 is 6.03 Å². The zero-order valence-electron chi connectivity index (χ0n) is 15.8. The third-order valence-corrected chi connectivity index (χ3v) is 5.01. The zero-order chi connectivity index (χ0) is 19.5. The van der Waals surface area contributed by atoms with Crippen molar-refractivity contribution in [2.24, 2.45) is 0 Å². The number of hydrogen-bond acceptors (Lipinski definition) is 5. The summed E-state index contributed by atoms with van der Waals surface area (Å²) in [4.78, 5) is 32.5. The molecule has 2 aromatic rings. The molecule has 0 saturated carbocycles. The molecule has 1 aromatic carbocycles. The van der Waals surface area contributed by atoms with E-state index in [-0.39, 0.29) is 11.9 Å². The standard InChI is InChI=1S/C20H23N5O3/c1-24-9-10-28-18-16(19(26)22-5-7-25-8-6-23-20(25)27)11-15(12-17(18)24)14-3-2-4-21-13-14/h2-4,11-13H,5-10H2,1H3,(H,22,26)(H,23,27). The molecular weight excluding hydrogens is 358 g/mol. The number of likely N-dealkylation sites (N-methyl/N-ethyl adjacent to an activating group) is 1. The molecule has 0 atom stereocenters. The van der Waals surface area contributed by atoms with Gasteiger partial charge in [-0.25, -0.2) is 4.79 Å². The van der Waals surface area contributed by atoms with Crippen LogP contribution in [0.15, 0.2) is 36.7 Å². The fourth-order valence-electron chi connectivity index (χ4n) is 3.45. The molecule has 1 fully saturated rings. The molecule has 0 unspecified atom stereocenters. The molecule has 3 heterocycles. The number of aromatic nitrogens is 1. The van der Waals surface area contributed by atoms with E-state index in [9.17, 15) is 9.59 Å². The van der Waals surface area contributed by atoms with Crippen molar-refractivity contribution in [2.45, 2.75) is 0 Å². The summed E-state index contributed by atoms with van der Waals surface area (Å²) in [6.45, 7) is 3.46. The van der Waals surface area contributed by atoms with E-state index in [0.717, 1.165) is 23.4 Å². The van der Waals surface area contributed by atoms with Gasteiger partial charge in [0.15, 0.2) is 5.75 Å². The van der Waals surface area contributed by atoms with E-state index in [1.807, 2.05) is 31.3 Å². The predicted molar refractivity (Wildman–Crippen MR) is 106 cm³/mol. The number of nitrogens with zero attached hydrogens (tertiary/aromatic N) is 3. The van der Waals surface area contributed by atoms with Crippen LogP contribution in [0.3, 0.4) is 0 Å². The number of carbonyl (C=O) groups is 2. The molecule has 0 bridgehead atoms. The van der Waals surface area contributed by atoms with E-state index < -0.39 is 0 Å². The molecule has 0 aliphatic carbocycles. The Hall–Kier alpha value is -3.29. The molecule has 0 radical (unpaired) electrons. The van der Waals surface area contributed by atoms with Crippen LogP contribution in [-0.2, 0) is 0 Å². The Morgan fingerprint density at radius 2 is 2.21 bits per heavy atom. The topological polar surface area (TPSA) is 86.8 Å². The first-order valence-corrected chi connectivity index (χ1v) is 9.37. The van der Waals surface area contributed by atoms with E-state index >= 15 is 0 Å². The summed E-state index contributed by atoms with van der Waals surface area (Å²) in [5, 5.41) is 5.67. The first kappa shape index (κ1) is 18.1. The number of rotatable bonds is 5. The number of benzene rings is 1. The van der Waals surface area contributed by atoms with Gasteiger partial charge in [-0.2, -0.15) is 0 Å². The third kappa shape index (κ3) is 3.58. The maximum Gasteiger partial charge on any atom is 0.317 e. The molecule has 2 aliphatic rings. The SMILES string of the molecule is CN1CCOc2c(C(=O)NCCN3CCNC3=O)cc(-c3cccnc3)cc21. The van der Waals surface area contributed by atoms with Crippen LogP contribution in [0.25, 0.3) is 11.1 Å². The lowest BCUT2D eigenvalue weighted by Gasteiger charge is -2.29. The number of carbonyl (C=O) groups excluding carboxylic acids is 2. The Morgan fingerprint density at radius 1 is 1.32 bits per heavy atom. The third-order valence-electron chi connectivity index (χ3n) is 5.01. The summed E-state index contributed by atoms with van der Waals surface area (Å²) in [6.07, 6.45) is 3.50. The normalized spacial score (nSPS) is 15.7. The van der Waals surface area contributed by atoms with Gasteiger partial charge in [0.1, 0.15) is 6.61 Å². The monoisotopic (exact) mass is 381 g/mol. The molecule has 1 saturated heterocycles. The molecular formula is C20H23N5O3. The van der Waals surface area contributed by atoms with Crippen LogP contribution in [0, 0.1) is 0 Å². The maximum absolute atomic E-state index is 12.9. The summed E-state index contributed by atoms with van der Waals surface area (Å²) < 4.78 is 5.84. The number of fused-ring (bicyclic) bond motifs is 1. The van der Waals surface area contributed by atoms with Gasteiger partial charge in [0.25, 0.3) is 5.91 Å². The van der Waals surface area contributed by atoms with Crippen molar-refractivity contribution in [2.75, 3.05) is 51.3 Å². The fraction of sp³-hybridized carbons (Fsp3) is 0.350. The second kappa shape index (κ2) is 7.75. The van der Waals surface area contributed by atoms with E-state index in [1.165, 1.54) is 0 Å². The number of anilines is 1. The van der Waals surface area contributed by atoms with Gasteiger partial charge < -0.3 is 25.2 Å². The number of nitrogens with one attached hydrogen (secondary N) is 2. The first-order chi connectivity index (χ1) is 13.6. The van der Waals surface area contributed by atoms with Gasteiger partial charge in [-0.05, 0) is 23.8 Å². The Labute approximate surface area is 163 Å². The van der Waals surface area contributed by atoms with E-state index in [1.54, 1.807) is 17.3 Å². The van der Waals surface area contributed by atoms with Crippen molar-refractivity contribution in [1.82, 2.24) is 20.5 Å². The molecule has 4 rings (SSSR count). The predicted octanol–water partition coefficient (Wildman–Crippen LogP) is 1.33. The molecule has 2 aliphatic heterocycles. The minimum Gasteiger partial charge on any atom is -0.489 e. The highest BCUT2D eigenvalue weighted by Gasteiger charge is 2.25. The van der Waals surface area contributed by atoms with Crippen LogP contribution in [0.2, 0.25) is 0 Å². The molecule has 28 heavy (non-hydrogen) atoms. The van der Waals surface area contributed by atoms with Crippen LogP contribution < -0.4 is 20.3 Å². The van der Waals surface area contributed by atoms with Crippen molar-refractivity contribution in [3.63, 3.8) is 0 Å². The Balaban J connectivity index is 1.58. The summed E-state index contributed by atoms with van der Waals surface area (Å²) in [5.41, 5.74) is 3.23. The Kier molecular flexibility index (Phi) is 5.01. The number of amides is 3. The van der Waals surface area contributed by atoms with Crippen LogP contribution in [0.5, 0.6) is 5.75 Å². The summed E-state index contributed by atoms with van der Waals surface area (Å²) >= 11 is 0. The maximum atomic E-state index is 12.9. The van der Waals surface area contributed by atoms with Gasteiger partial charge in [0.05, 0.1) is 17.8 Å². The minimum absolute atomic E-state index is 0.0878. The molecule has 3 amide bonds. The van der Waals surface area contributed by atoms with Crippen LogP contribution in [0.1, 0.15) is 10.4 Å². The van der Waals surface area contributed by atoms with Gasteiger partial charge in [-0.3, -0.25) is 9.78 Å². The molecule has 1 aromatic heterocycles. The lowest BCUT2D eigenvalue weighted by Crippen LogP contribution is -2.37. The molecule has 146 valence electrons. The van der Waals surface area contributed by atoms with E-state index in [0.29, 0.717) is 44.1 Å². The van der Waals surface area contributed by atoms with Crippen molar-refractivity contribution >= 4 is 17.6 Å². The summed E-state index contributed by atoms with van der Waals surface area (Å²) in [6, 6.07) is 7.61. The molecule has 8 nitrogen and oxygen atoms in total. The van der Waals surface area contributed by atoms with Crippen LogP contribution in [-0.4, -0.2) is 68.2 Å². The highest BCUT2D eigenvalue weighted by molar-refractivity contribution is 6.00. The highest BCUT2D eigenvalue weighted by atomic mass is 16.5. The number of ether oxygens (including phenoxy) is 1. The van der Waals surface area contributed by atoms with Gasteiger partial charge in [-0.1, -0.05) is 6.07 Å². The Bertz CT molecular complexity index is 887. The second-order valence-corrected chi connectivity index (χ2v) is 6.86. The number of hydrogen-bond donors (Lipinski definition) is 2. The average Bonchev–Trinajstić information content (AvgIpc) is 3.13. The van der Waals surface area contributed by atoms with Crippen molar-refractivity contribution in [3.8, 4) is 16.9 Å². The quantitative estimate of drug-likeness (QED) is 0.816. The van der Waals surface area contributed by atoms with Crippen molar-refractivity contribution < 1.29 is 14.3 Å². The van der Waals surface area contributed by atoms with Gasteiger partial charge in [0, 0.05) is 51.2 Å². The van der Waals surface area contributed by atoms with Gasteiger partial charge in [0.2, 0.25) is 0 Å². The molecule has 2 N–H and O–H groups in total. The Morgan fingerprint density at radius 3 is 2.96 bits per heavy atom. The van der Waals surface area contributed by atoms with Crippen molar-refractivity contribution in [1.29, 1.82) is 0 Å². The van der Waals surface area contributed by atoms with Gasteiger partial charge in [-0.15, -0.1) is 0 Å². The van der Waals surface area contributed by atoms with Crippen LogP contribution >= 0.6 is 0 Å². The second-order valence-electron chi connectivity index (χ2n) is 6.86. The largest absolute Gasteiger partial charge is 0.489 e. The van der Waals surface area contributed by atoms with E-state index in [4.69, 9.17) is 4.74 Å². The lowest BCUT2D eigenvalue weighted by atomic mass is 10.0. The number of urea groups is 1. The smallest absolute Gasteiger partial charge is 0.317 e. The molecule has 0 spiro atoms. The molecule has 8 heteroatoms. The number of pyridine rings is 1. The lowest BCUT2D eigenvalue weighted by molar-refractivity contribution is 0.0946. The van der Waals surface area contributed by atoms with E-state index in [2.05, 4.69) is 20.5 Å². The summed E-state index contributed by atoms with van der Waals surface area (Å²) in [5.74, 6) is 0.384. The van der Waals surface area contributed by atoms with Crippen LogP contribution in [0.4, 0.5) is 10.5 Å². The fourth-order valence-corrected chi connectivity index (χ4v) is 3.45. The minimum atomic E-state index is -0.211. The summed E-state index contributed by atoms with van der Waals surface area (Å²) in [7, 11) is 1.99. The van der Waals surface area contributed by atoms with Crippen molar-refractivity contribution in [3.05, 3.63) is 42.2 Å². The first-order valence-electron chi connectivity index (χ1n) is 9.37. The average molecular weight is 381 g/mol. The zero-order valence-corrected chi connectivity index (χ0v) is 15.8. The highest BCUT2D eigenvalue weighted by Crippen LogP contribution is 2.38.